The van der Waals surface area contributed by atoms with Gasteiger partial charge in [0.05, 0.1) is 5.56 Å². The zero-order valence-electron chi connectivity index (χ0n) is 12.7. The van der Waals surface area contributed by atoms with E-state index in [9.17, 15) is 18.4 Å². The smallest absolute Gasteiger partial charge is 0.331 e. The topological polar surface area (TPSA) is 69.4 Å². The summed E-state index contributed by atoms with van der Waals surface area (Å²) >= 11 is 0. The minimum atomic E-state index is -0.885. The Labute approximate surface area is 140 Å². The Hall–Kier alpha value is -3.35. The second-order valence-corrected chi connectivity index (χ2v) is 5.01. The van der Waals surface area contributed by atoms with Crippen molar-refractivity contribution in [2.45, 2.75) is 0 Å². The molecule has 0 saturated carbocycles. The zero-order chi connectivity index (χ0) is 17.8. The van der Waals surface area contributed by atoms with Crippen LogP contribution in [-0.4, -0.2) is 23.3 Å². The van der Waals surface area contributed by atoms with Gasteiger partial charge in [-0.25, -0.2) is 18.6 Å². The van der Waals surface area contributed by atoms with Crippen LogP contribution in [0.4, 0.5) is 8.78 Å². The van der Waals surface area contributed by atoms with Crippen molar-refractivity contribution in [2.75, 3.05) is 6.61 Å². The number of ketones is 1. The zero-order valence-corrected chi connectivity index (χ0v) is 12.7. The lowest BCUT2D eigenvalue weighted by Gasteiger charge is -2.03. The third-order valence-corrected chi connectivity index (χ3v) is 3.25. The first-order chi connectivity index (χ1) is 12.0. The number of halogens is 2. The van der Waals surface area contributed by atoms with E-state index in [0.29, 0.717) is 11.1 Å². The fourth-order valence-corrected chi connectivity index (χ4v) is 2.07. The van der Waals surface area contributed by atoms with Crippen molar-refractivity contribution in [2.24, 2.45) is 0 Å². The van der Waals surface area contributed by atoms with E-state index in [2.05, 4.69) is 4.98 Å². The molecule has 0 spiro atoms. The molecule has 0 saturated heterocycles. The maximum Gasteiger partial charge on any atom is 0.331 e. The van der Waals surface area contributed by atoms with Crippen LogP contribution in [0, 0.1) is 11.6 Å². The number of hydrogen-bond acceptors (Lipinski definition) is 5. The molecule has 126 valence electrons. The van der Waals surface area contributed by atoms with Crippen molar-refractivity contribution in [3.63, 3.8) is 0 Å². The van der Waals surface area contributed by atoms with Crippen LogP contribution >= 0.6 is 0 Å². The number of rotatable bonds is 5. The van der Waals surface area contributed by atoms with Crippen molar-refractivity contribution in [3.8, 4) is 0 Å². The molecule has 0 N–H and O–H groups in total. The van der Waals surface area contributed by atoms with Crippen molar-refractivity contribution < 1.29 is 27.5 Å². The van der Waals surface area contributed by atoms with Gasteiger partial charge in [-0.05, 0) is 30.3 Å². The Bertz CT molecular complexity index is 945. The molecule has 1 aromatic heterocycles. The number of aromatic nitrogens is 1. The first kappa shape index (κ1) is 16.5. The summed E-state index contributed by atoms with van der Waals surface area (Å²) in [5.74, 6) is -3.13. The first-order valence-electron chi connectivity index (χ1n) is 7.21. The van der Waals surface area contributed by atoms with Crippen LogP contribution in [0.1, 0.15) is 16.2 Å². The van der Waals surface area contributed by atoms with Crippen LogP contribution in [0.2, 0.25) is 0 Å². The molecular weight excluding hydrogens is 332 g/mol. The molecule has 0 aliphatic carbocycles. The molecule has 3 aromatic rings. The quantitative estimate of drug-likeness (QED) is 0.403. The molecule has 0 unspecified atom stereocenters. The number of para-hydroxylation sites is 2. The van der Waals surface area contributed by atoms with Gasteiger partial charge in [0, 0.05) is 12.2 Å². The van der Waals surface area contributed by atoms with Crippen LogP contribution in [0.3, 0.4) is 0 Å². The number of nitrogens with zero attached hydrogens (tertiary/aromatic N) is 1. The summed E-state index contributed by atoms with van der Waals surface area (Å²) in [5, 5.41) is 0. The molecular formula is C18H11F2NO4. The highest BCUT2D eigenvalue weighted by molar-refractivity contribution is 5.99. The number of fused-ring (bicyclic) bond motifs is 1. The van der Waals surface area contributed by atoms with Gasteiger partial charge in [0.1, 0.15) is 17.2 Å². The molecule has 0 radical (unpaired) electrons. The SMILES string of the molecule is O=C(/C=C/c1nc2ccccc2o1)OCC(=O)c1cc(F)ccc1F. The van der Waals surface area contributed by atoms with Crippen molar-refractivity contribution in [1.82, 2.24) is 4.98 Å². The van der Waals surface area contributed by atoms with E-state index in [1.165, 1.54) is 6.08 Å². The van der Waals surface area contributed by atoms with E-state index in [1.807, 2.05) is 0 Å². The van der Waals surface area contributed by atoms with Gasteiger partial charge in [0.15, 0.2) is 12.2 Å². The van der Waals surface area contributed by atoms with Crippen LogP contribution in [0.15, 0.2) is 53.0 Å². The molecule has 2 aromatic carbocycles. The predicted molar refractivity (Wildman–Crippen MR) is 84.7 cm³/mol. The Morgan fingerprint density at radius 1 is 1.16 bits per heavy atom. The number of ether oxygens (including phenoxy) is 1. The molecule has 25 heavy (non-hydrogen) atoms. The Morgan fingerprint density at radius 3 is 2.76 bits per heavy atom. The highest BCUT2D eigenvalue weighted by Crippen LogP contribution is 2.15. The van der Waals surface area contributed by atoms with Gasteiger partial charge in [0.2, 0.25) is 11.7 Å². The summed E-state index contributed by atoms with van der Waals surface area (Å²) in [6.07, 6.45) is 2.31. The largest absolute Gasteiger partial charge is 0.454 e. The number of esters is 1. The van der Waals surface area contributed by atoms with Crippen molar-refractivity contribution in [1.29, 1.82) is 0 Å². The van der Waals surface area contributed by atoms with Gasteiger partial charge >= 0.3 is 5.97 Å². The summed E-state index contributed by atoms with van der Waals surface area (Å²) in [4.78, 5) is 27.5. The Balaban J connectivity index is 1.60. The van der Waals surface area contributed by atoms with E-state index < -0.39 is 35.6 Å². The fraction of sp³-hybridized carbons (Fsp3) is 0.0556. The average Bonchev–Trinajstić information content (AvgIpc) is 3.03. The van der Waals surface area contributed by atoms with Gasteiger partial charge in [-0.3, -0.25) is 4.79 Å². The number of Topliss-reactive ketones (excluding diaryl/α,β-unsaturated/α-hetero) is 1. The van der Waals surface area contributed by atoms with E-state index in [0.717, 1.165) is 24.3 Å². The van der Waals surface area contributed by atoms with Crippen molar-refractivity contribution in [3.05, 3.63) is 71.6 Å². The second-order valence-electron chi connectivity index (χ2n) is 5.01. The van der Waals surface area contributed by atoms with Crippen LogP contribution < -0.4 is 0 Å². The normalized spacial score (nSPS) is 11.1. The van der Waals surface area contributed by atoms with E-state index in [1.54, 1.807) is 24.3 Å². The number of carbonyl (C=O) groups is 2. The van der Waals surface area contributed by atoms with Crippen LogP contribution in [-0.2, 0) is 9.53 Å². The fourth-order valence-electron chi connectivity index (χ4n) is 2.07. The van der Waals surface area contributed by atoms with Gasteiger partial charge in [-0.15, -0.1) is 0 Å². The molecule has 3 rings (SSSR count). The molecule has 0 fully saturated rings. The standard InChI is InChI=1S/C18H11F2NO4/c19-11-5-6-13(20)12(9-11)15(22)10-24-18(23)8-7-17-21-14-3-1-2-4-16(14)25-17/h1-9H,10H2/b8-7+. The lowest BCUT2D eigenvalue weighted by molar-refractivity contribution is -0.136. The maximum atomic E-state index is 13.5. The molecule has 0 aliphatic heterocycles. The monoisotopic (exact) mass is 343 g/mol. The summed E-state index contributed by atoms with van der Waals surface area (Å²) in [6.45, 7) is -0.711. The lowest BCUT2D eigenvalue weighted by atomic mass is 10.1. The number of carbonyl (C=O) groups excluding carboxylic acids is 2. The second kappa shape index (κ2) is 7.04. The Morgan fingerprint density at radius 2 is 1.96 bits per heavy atom. The first-order valence-corrected chi connectivity index (χ1v) is 7.21. The summed E-state index contributed by atoms with van der Waals surface area (Å²) < 4.78 is 36.6. The Kier molecular flexibility index (Phi) is 4.65. The number of benzene rings is 2. The minimum Gasteiger partial charge on any atom is -0.454 e. The highest BCUT2D eigenvalue weighted by Gasteiger charge is 2.14. The highest BCUT2D eigenvalue weighted by atomic mass is 19.1. The molecule has 0 aliphatic rings. The van der Waals surface area contributed by atoms with E-state index in [-0.39, 0.29) is 5.89 Å². The van der Waals surface area contributed by atoms with E-state index in [4.69, 9.17) is 9.15 Å². The molecule has 0 amide bonds. The minimum absolute atomic E-state index is 0.195. The molecule has 0 bridgehead atoms. The molecule has 1 heterocycles. The molecule has 7 heteroatoms. The van der Waals surface area contributed by atoms with E-state index >= 15 is 0 Å². The molecule has 5 nitrogen and oxygen atoms in total. The summed E-state index contributed by atoms with van der Waals surface area (Å²) in [5.41, 5.74) is 0.718. The maximum absolute atomic E-state index is 13.5. The van der Waals surface area contributed by atoms with Crippen LogP contribution in [0.5, 0.6) is 0 Å². The average molecular weight is 343 g/mol. The van der Waals surface area contributed by atoms with Crippen molar-refractivity contribution >= 4 is 28.9 Å². The third kappa shape index (κ3) is 3.95. The summed E-state index contributed by atoms with van der Waals surface area (Å²) in [7, 11) is 0. The van der Waals surface area contributed by atoms with Crippen LogP contribution in [0.25, 0.3) is 17.2 Å². The lowest BCUT2D eigenvalue weighted by Crippen LogP contribution is -2.14. The number of oxazole rings is 1. The summed E-state index contributed by atoms with van der Waals surface area (Å²) in [6, 6.07) is 9.53. The van der Waals surface area contributed by atoms with Gasteiger partial charge in [-0.2, -0.15) is 0 Å². The van der Waals surface area contributed by atoms with Gasteiger partial charge < -0.3 is 9.15 Å². The molecule has 0 atom stereocenters. The van der Waals surface area contributed by atoms with Gasteiger partial charge in [0.25, 0.3) is 0 Å². The third-order valence-electron chi connectivity index (χ3n) is 3.25. The number of hydrogen-bond donors (Lipinski definition) is 0. The predicted octanol–water partition coefficient (Wildman–Crippen LogP) is 3.55. The van der Waals surface area contributed by atoms with Gasteiger partial charge in [-0.1, -0.05) is 12.1 Å².